The molecule has 0 fully saturated rings. The number of anilines is 1. The van der Waals surface area contributed by atoms with Gasteiger partial charge in [0.2, 0.25) is 0 Å². The smallest absolute Gasteiger partial charge is 0.274 e. The third-order valence-corrected chi connectivity index (χ3v) is 3.80. The van der Waals surface area contributed by atoms with E-state index in [1.165, 1.54) is 6.07 Å². The predicted molar refractivity (Wildman–Crippen MR) is 88.2 cm³/mol. The molecule has 3 rings (SSSR count). The second kappa shape index (κ2) is 6.39. The van der Waals surface area contributed by atoms with Gasteiger partial charge in [-0.3, -0.25) is 9.20 Å². The highest BCUT2D eigenvalue weighted by molar-refractivity contribution is 6.04. The first-order chi connectivity index (χ1) is 11.5. The average molecular weight is 329 g/mol. The number of benzene rings is 1. The van der Waals surface area contributed by atoms with Crippen LogP contribution in [-0.2, 0) is 6.42 Å². The van der Waals surface area contributed by atoms with Crippen LogP contribution in [0.3, 0.4) is 0 Å². The zero-order valence-electron chi connectivity index (χ0n) is 13.4. The van der Waals surface area contributed by atoms with Crippen molar-refractivity contribution in [2.45, 2.75) is 26.7 Å². The molecule has 0 radical (unpaired) electrons. The number of halogens is 2. The van der Waals surface area contributed by atoms with Crippen LogP contribution in [-0.4, -0.2) is 15.3 Å². The van der Waals surface area contributed by atoms with Crippen molar-refractivity contribution in [3.63, 3.8) is 0 Å². The lowest BCUT2D eigenvalue weighted by atomic mass is 10.2. The SMILES string of the molecule is CCCc1nc2c(C)cccn2c1C(=O)Nc1ccc(F)c(F)c1. The average Bonchev–Trinajstić information content (AvgIpc) is 2.91. The quantitative estimate of drug-likeness (QED) is 0.782. The maximum absolute atomic E-state index is 13.3. The molecule has 1 N–H and O–H groups in total. The molecule has 0 atom stereocenters. The van der Waals surface area contributed by atoms with Gasteiger partial charge in [-0.25, -0.2) is 13.8 Å². The van der Waals surface area contributed by atoms with E-state index >= 15 is 0 Å². The molecular weight excluding hydrogens is 312 g/mol. The minimum absolute atomic E-state index is 0.198. The molecular formula is C18H17F2N3O. The molecule has 0 aliphatic heterocycles. The predicted octanol–water partition coefficient (Wildman–Crippen LogP) is 4.13. The first-order valence-electron chi connectivity index (χ1n) is 7.74. The number of hydrogen-bond donors (Lipinski definition) is 1. The van der Waals surface area contributed by atoms with E-state index in [1.807, 2.05) is 26.0 Å². The maximum atomic E-state index is 13.3. The highest BCUT2D eigenvalue weighted by Gasteiger charge is 2.20. The largest absolute Gasteiger partial charge is 0.321 e. The van der Waals surface area contributed by atoms with Crippen LogP contribution in [0, 0.1) is 18.6 Å². The summed E-state index contributed by atoms with van der Waals surface area (Å²) in [5.41, 5.74) is 2.98. The molecule has 0 spiro atoms. The summed E-state index contributed by atoms with van der Waals surface area (Å²) in [7, 11) is 0. The third kappa shape index (κ3) is 2.87. The molecule has 24 heavy (non-hydrogen) atoms. The molecule has 0 aliphatic rings. The van der Waals surface area contributed by atoms with Crippen molar-refractivity contribution in [3.8, 4) is 0 Å². The fraction of sp³-hybridized carbons (Fsp3) is 0.222. The molecule has 124 valence electrons. The van der Waals surface area contributed by atoms with E-state index in [4.69, 9.17) is 0 Å². The van der Waals surface area contributed by atoms with E-state index < -0.39 is 17.5 Å². The van der Waals surface area contributed by atoms with Gasteiger partial charge in [-0.15, -0.1) is 0 Å². The van der Waals surface area contributed by atoms with E-state index in [1.54, 1.807) is 10.6 Å². The highest BCUT2D eigenvalue weighted by Crippen LogP contribution is 2.20. The van der Waals surface area contributed by atoms with Crippen LogP contribution >= 0.6 is 0 Å². The number of carbonyl (C=O) groups excluding carboxylic acids is 1. The van der Waals surface area contributed by atoms with E-state index in [0.717, 1.165) is 29.8 Å². The van der Waals surface area contributed by atoms with Gasteiger partial charge in [0, 0.05) is 18.0 Å². The minimum atomic E-state index is -1.00. The molecule has 2 aromatic heterocycles. The fourth-order valence-corrected chi connectivity index (χ4v) is 2.67. The molecule has 0 unspecified atom stereocenters. The first-order valence-corrected chi connectivity index (χ1v) is 7.74. The van der Waals surface area contributed by atoms with E-state index in [9.17, 15) is 13.6 Å². The van der Waals surface area contributed by atoms with Crippen LogP contribution in [0.2, 0.25) is 0 Å². The van der Waals surface area contributed by atoms with Crippen LogP contribution in [0.1, 0.15) is 35.1 Å². The van der Waals surface area contributed by atoms with Crippen LogP contribution in [0.4, 0.5) is 14.5 Å². The fourth-order valence-electron chi connectivity index (χ4n) is 2.67. The summed E-state index contributed by atoms with van der Waals surface area (Å²) < 4.78 is 28.1. The molecule has 0 bridgehead atoms. The molecule has 1 aromatic carbocycles. The Labute approximate surface area is 138 Å². The third-order valence-electron chi connectivity index (χ3n) is 3.80. The molecule has 0 saturated carbocycles. The van der Waals surface area contributed by atoms with E-state index in [0.29, 0.717) is 17.8 Å². The van der Waals surface area contributed by atoms with Gasteiger partial charge in [0.1, 0.15) is 11.3 Å². The second-order valence-electron chi connectivity index (χ2n) is 5.62. The van der Waals surface area contributed by atoms with Crippen molar-refractivity contribution in [2.75, 3.05) is 5.32 Å². The Kier molecular flexibility index (Phi) is 4.29. The summed E-state index contributed by atoms with van der Waals surface area (Å²) in [4.78, 5) is 17.3. The summed E-state index contributed by atoms with van der Waals surface area (Å²) in [6.07, 6.45) is 3.27. The number of carbonyl (C=O) groups is 1. The number of rotatable bonds is 4. The van der Waals surface area contributed by atoms with Crippen molar-refractivity contribution >= 4 is 17.2 Å². The molecule has 1 amide bonds. The normalized spacial score (nSPS) is 11.0. The molecule has 0 aliphatic carbocycles. The van der Waals surface area contributed by atoms with Gasteiger partial charge in [-0.2, -0.15) is 0 Å². The molecule has 6 heteroatoms. The Hall–Kier alpha value is -2.76. The lowest BCUT2D eigenvalue weighted by Crippen LogP contribution is -2.16. The topological polar surface area (TPSA) is 46.4 Å². The molecule has 3 aromatic rings. The highest BCUT2D eigenvalue weighted by atomic mass is 19.2. The summed E-state index contributed by atoms with van der Waals surface area (Å²) in [6, 6.07) is 7.03. The van der Waals surface area contributed by atoms with Crippen LogP contribution in [0.5, 0.6) is 0 Å². The van der Waals surface area contributed by atoms with E-state index in [2.05, 4.69) is 10.3 Å². The summed E-state index contributed by atoms with van der Waals surface area (Å²) >= 11 is 0. The Balaban J connectivity index is 2.03. The summed E-state index contributed by atoms with van der Waals surface area (Å²) in [6.45, 7) is 3.93. The number of amides is 1. The van der Waals surface area contributed by atoms with Crippen molar-refractivity contribution in [3.05, 3.63) is 65.1 Å². The van der Waals surface area contributed by atoms with Crippen LogP contribution in [0.15, 0.2) is 36.5 Å². The van der Waals surface area contributed by atoms with Crippen LogP contribution < -0.4 is 5.32 Å². The minimum Gasteiger partial charge on any atom is -0.321 e. The van der Waals surface area contributed by atoms with E-state index in [-0.39, 0.29) is 5.69 Å². The maximum Gasteiger partial charge on any atom is 0.274 e. The van der Waals surface area contributed by atoms with Gasteiger partial charge >= 0.3 is 0 Å². The lowest BCUT2D eigenvalue weighted by Gasteiger charge is -2.07. The number of aryl methyl sites for hydroxylation is 2. The lowest BCUT2D eigenvalue weighted by molar-refractivity contribution is 0.102. The van der Waals surface area contributed by atoms with Crippen molar-refractivity contribution in [2.24, 2.45) is 0 Å². The van der Waals surface area contributed by atoms with Gasteiger partial charge in [0.25, 0.3) is 5.91 Å². The number of pyridine rings is 1. The standard InChI is InChI=1S/C18H17F2N3O/c1-3-5-15-16(23-9-4-6-11(2)17(23)22-15)18(24)21-12-7-8-13(19)14(20)10-12/h4,6-10H,3,5H2,1-2H3,(H,21,24). The van der Waals surface area contributed by atoms with Crippen molar-refractivity contribution in [1.82, 2.24) is 9.38 Å². The Morgan fingerprint density at radius 3 is 2.75 bits per heavy atom. The van der Waals surface area contributed by atoms with Gasteiger partial charge in [-0.1, -0.05) is 19.4 Å². The number of fused-ring (bicyclic) bond motifs is 1. The number of nitrogens with zero attached hydrogens (tertiary/aromatic N) is 2. The van der Waals surface area contributed by atoms with Crippen molar-refractivity contribution < 1.29 is 13.6 Å². The van der Waals surface area contributed by atoms with Crippen LogP contribution in [0.25, 0.3) is 5.65 Å². The Morgan fingerprint density at radius 2 is 2.04 bits per heavy atom. The van der Waals surface area contributed by atoms with Gasteiger partial charge in [-0.05, 0) is 37.1 Å². The van der Waals surface area contributed by atoms with Gasteiger partial charge < -0.3 is 5.32 Å². The Bertz CT molecular complexity index is 918. The van der Waals surface area contributed by atoms with Gasteiger partial charge in [0.05, 0.1) is 5.69 Å². The second-order valence-corrected chi connectivity index (χ2v) is 5.62. The number of hydrogen-bond acceptors (Lipinski definition) is 2. The number of aromatic nitrogens is 2. The zero-order valence-corrected chi connectivity index (χ0v) is 13.4. The monoisotopic (exact) mass is 329 g/mol. The van der Waals surface area contributed by atoms with Gasteiger partial charge in [0.15, 0.2) is 11.6 Å². The summed E-state index contributed by atoms with van der Waals surface area (Å²) in [5.74, 6) is -2.36. The van der Waals surface area contributed by atoms with Crippen molar-refractivity contribution in [1.29, 1.82) is 0 Å². The number of imidazole rings is 1. The molecule has 4 nitrogen and oxygen atoms in total. The zero-order chi connectivity index (χ0) is 17.3. The molecule has 2 heterocycles. The number of nitrogens with one attached hydrogen (secondary N) is 1. The molecule has 0 saturated heterocycles. The summed E-state index contributed by atoms with van der Waals surface area (Å²) in [5, 5.41) is 2.62. The Morgan fingerprint density at radius 1 is 1.25 bits per heavy atom. The first kappa shape index (κ1) is 16.1.